The predicted octanol–water partition coefficient (Wildman–Crippen LogP) is 1.96. The summed E-state index contributed by atoms with van der Waals surface area (Å²) in [5.74, 6) is -0.259. The molecule has 3 nitrogen and oxygen atoms in total. The molecule has 0 spiro atoms. The largest absolute Gasteiger partial charge is 0.508 e. The van der Waals surface area contributed by atoms with Gasteiger partial charge in [-0.2, -0.15) is 13.2 Å². The molecule has 0 saturated carbocycles. The van der Waals surface area contributed by atoms with Crippen molar-refractivity contribution in [1.29, 1.82) is 0 Å². The highest BCUT2D eigenvalue weighted by Gasteiger charge is 2.39. The van der Waals surface area contributed by atoms with E-state index in [9.17, 15) is 13.2 Å². The molecule has 0 bridgehead atoms. The van der Waals surface area contributed by atoms with Gasteiger partial charge < -0.3 is 15.6 Å². The zero-order chi connectivity index (χ0) is 11.6. The molecule has 1 rings (SSSR count). The zero-order valence-corrected chi connectivity index (χ0v) is 7.88. The van der Waals surface area contributed by atoms with Crippen LogP contribution in [0, 0.1) is 0 Å². The van der Waals surface area contributed by atoms with Crippen LogP contribution < -0.4 is 10.5 Å². The van der Waals surface area contributed by atoms with Crippen LogP contribution >= 0.6 is 0 Å². The molecule has 15 heavy (non-hydrogen) atoms. The minimum absolute atomic E-state index is 0.0835. The third kappa shape index (κ3) is 2.53. The van der Waals surface area contributed by atoms with Crippen molar-refractivity contribution in [2.45, 2.75) is 12.2 Å². The van der Waals surface area contributed by atoms with Crippen LogP contribution in [0.15, 0.2) is 18.2 Å². The van der Waals surface area contributed by atoms with Crippen LogP contribution in [0.25, 0.3) is 0 Å². The molecule has 0 heterocycles. The Hall–Kier alpha value is -1.43. The van der Waals surface area contributed by atoms with Crippen LogP contribution in [0.4, 0.5) is 13.2 Å². The van der Waals surface area contributed by atoms with Gasteiger partial charge >= 0.3 is 6.18 Å². The molecule has 3 N–H and O–H groups in total. The summed E-state index contributed by atoms with van der Waals surface area (Å²) in [7, 11) is 1.21. The molecule has 84 valence electrons. The summed E-state index contributed by atoms with van der Waals surface area (Å²) in [6.07, 6.45) is -4.54. The second-order valence-electron chi connectivity index (χ2n) is 2.95. The van der Waals surface area contributed by atoms with Crippen LogP contribution in [-0.2, 0) is 0 Å². The number of aromatic hydroxyl groups is 1. The van der Waals surface area contributed by atoms with Crippen LogP contribution in [0.2, 0.25) is 0 Å². The fourth-order valence-electron chi connectivity index (χ4n) is 1.13. The molecule has 0 aromatic heterocycles. The van der Waals surface area contributed by atoms with Gasteiger partial charge in [0.05, 0.1) is 7.11 Å². The van der Waals surface area contributed by atoms with Crippen molar-refractivity contribution < 1.29 is 23.0 Å². The van der Waals surface area contributed by atoms with Gasteiger partial charge in [0.25, 0.3) is 0 Å². The highest BCUT2D eigenvalue weighted by molar-refractivity contribution is 5.42. The third-order valence-electron chi connectivity index (χ3n) is 1.90. The summed E-state index contributed by atoms with van der Waals surface area (Å²) >= 11 is 0. The fraction of sp³-hybridized carbons (Fsp3) is 0.333. The number of hydrogen-bond acceptors (Lipinski definition) is 3. The molecule has 6 heteroatoms. The van der Waals surface area contributed by atoms with Gasteiger partial charge in [0, 0.05) is 11.6 Å². The van der Waals surface area contributed by atoms with Crippen molar-refractivity contribution in [1.82, 2.24) is 0 Å². The summed E-state index contributed by atoms with van der Waals surface area (Å²) in [6.45, 7) is 0. The molecule has 1 aromatic carbocycles. The minimum Gasteiger partial charge on any atom is -0.508 e. The normalized spacial score (nSPS) is 13.7. The second-order valence-corrected chi connectivity index (χ2v) is 2.95. The Morgan fingerprint density at radius 3 is 2.47 bits per heavy atom. The number of ether oxygens (including phenoxy) is 1. The van der Waals surface area contributed by atoms with Gasteiger partial charge in [0.1, 0.15) is 17.5 Å². The van der Waals surface area contributed by atoms with Crippen molar-refractivity contribution in [3.63, 3.8) is 0 Å². The first-order chi connectivity index (χ1) is 6.86. The van der Waals surface area contributed by atoms with E-state index in [4.69, 9.17) is 15.6 Å². The van der Waals surface area contributed by atoms with Crippen molar-refractivity contribution in [2.75, 3.05) is 7.11 Å². The van der Waals surface area contributed by atoms with Crippen LogP contribution in [0.1, 0.15) is 11.6 Å². The molecule has 1 aromatic rings. The molecule has 0 aliphatic rings. The van der Waals surface area contributed by atoms with Gasteiger partial charge in [-0.3, -0.25) is 0 Å². The number of hydrogen-bond donors (Lipinski definition) is 2. The molecule has 0 amide bonds. The standard InChI is InChI=1S/C9H10F3NO2/c1-15-7-4-5(14)2-3-6(7)8(13)9(10,11)12/h2-4,8,14H,13H2,1H3. The van der Waals surface area contributed by atoms with Gasteiger partial charge in [-0.1, -0.05) is 0 Å². The average Bonchev–Trinajstić information content (AvgIpc) is 2.15. The third-order valence-corrected chi connectivity index (χ3v) is 1.90. The zero-order valence-electron chi connectivity index (χ0n) is 7.88. The number of methoxy groups -OCH3 is 1. The maximum absolute atomic E-state index is 12.3. The molecule has 1 atom stereocenters. The lowest BCUT2D eigenvalue weighted by molar-refractivity contribution is -0.149. The number of phenols is 1. The lowest BCUT2D eigenvalue weighted by atomic mass is 10.1. The molecular weight excluding hydrogens is 211 g/mol. The Balaban J connectivity index is 3.14. The van der Waals surface area contributed by atoms with E-state index in [1.165, 1.54) is 7.11 Å². The van der Waals surface area contributed by atoms with Crippen molar-refractivity contribution in [3.8, 4) is 11.5 Å². The number of alkyl halides is 3. The van der Waals surface area contributed by atoms with E-state index in [0.717, 1.165) is 18.2 Å². The Labute approximate surface area is 84.3 Å². The highest BCUT2D eigenvalue weighted by Crippen LogP contribution is 2.36. The quantitative estimate of drug-likeness (QED) is 0.802. The monoisotopic (exact) mass is 221 g/mol. The maximum Gasteiger partial charge on any atom is 0.407 e. The topological polar surface area (TPSA) is 55.5 Å². The van der Waals surface area contributed by atoms with E-state index in [2.05, 4.69) is 0 Å². The van der Waals surface area contributed by atoms with Gasteiger partial charge in [0.15, 0.2) is 0 Å². The molecule has 0 fully saturated rings. The maximum atomic E-state index is 12.3. The summed E-state index contributed by atoms with van der Waals surface area (Å²) in [4.78, 5) is 0. The number of rotatable bonds is 2. The fourth-order valence-corrected chi connectivity index (χ4v) is 1.13. The lowest BCUT2D eigenvalue weighted by Crippen LogP contribution is -2.28. The van der Waals surface area contributed by atoms with Crippen molar-refractivity contribution >= 4 is 0 Å². The number of benzene rings is 1. The summed E-state index contributed by atoms with van der Waals surface area (Å²) < 4.78 is 41.6. The van der Waals surface area contributed by atoms with Crippen LogP contribution in [0.5, 0.6) is 11.5 Å². The van der Waals surface area contributed by atoms with Gasteiger partial charge in [-0.05, 0) is 12.1 Å². The summed E-state index contributed by atoms with van der Waals surface area (Å²) in [5, 5.41) is 9.05. The molecule has 0 radical (unpaired) electrons. The number of halogens is 3. The Kier molecular flexibility index (Phi) is 3.09. The van der Waals surface area contributed by atoms with Crippen LogP contribution in [0.3, 0.4) is 0 Å². The predicted molar refractivity (Wildman–Crippen MR) is 47.6 cm³/mol. The first kappa shape index (κ1) is 11.6. The van der Waals surface area contributed by atoms with Gasteiger partial charge in [0.2, 0.25) is 0 Å². The van der Waals surface area contributed by atoms with Crippen molar-refractivity contribution in [2.24, 2.45) is 5.73 Å². The Bertz CT molecular complexity index is 352. The highest BCUT2D eigenvalue weighted by atomic mass is 19.4. The lowest BCUT2D eigenvalue weighted by Gasteiger charge is -2.18. The second kappa shape index (κ2) is 3.98. The van der Waals surface area contributed by atoms with Gasteiger partial charge in [-0.15, -0.1) is 0 Å². The molecule has 0 aliphatic heterocycles. The van der Waals surface area contributed by atoms with Crippen LogP contribution in [-0.4, -0.2) is 18.4 Å². The number of phenolic OH excluding ortho intramolecular Hbond substituents is 1. The summed E-state index contributed by atoms with van der Waals surface area (Å²) in [6, 6.07) is 1.18. The van der Waals surface area contributed by atoms with Crippen molar-refractivity contribution in [3.05, 3.63) is 23.8 Å². The van der Waals surface area contributed by atoms with E-state index < -0.39 is 12.2 Å². The minimum atomic E-state index is -4.54. The van der Waals surface area contributed by atoms with E-state index in [1.807, 2.05) is 0 Å². The van der Waals surface area contributed by atoms with Gasteiger partial charge in [-0.25, -0.2) is 0 Å². The molecule has 1 unspecified atom stereocenters. The smallest absolute Gasteiger partial charge is 0.407 e. The first-order valence-corrected chi connectivity index (χ1v) is 4.05. The molecule has 0 saturated heterocycles. The average molecular weight is 221 g/mol. The van der Waals surface area contributed by atoms with E-state index in [-0.39, 0.29) is 17.1 Å². The van der Waals surface area contributed by atoms with E-state index >= 15 is 0 Å². The SMILES string of the molecule is COc1cc(O)ccc1C(N)C(F)(F)F. The number of nitrogens with two attached hydrogens (primary N) is 1. The Morgan fingerprint density at radius 1 is 1.40 bits per heavy atom. The summed E-state index contributed by atoms with van der Waals surface area (Å²) in [5.41, 5.74) is 4.81. The Morgan fingerprint density at radius 2 is 2.00 bits per heavy atom. The first-order valence-electron chi connectivity index (χ1n) is 4.05. The van der Waals surface area contributed by atoms with E-state index in [0.29, 0.717) is 0 Å². The molecular formula is C9H10F3NO2. The molecule has 0 aliphatic carbocycles. The van der Waals surface area contributed by atoms with E-state index in [1.54, 1.807) is 0 Å².